The minimum Gasteiger partial charge on any atom is -0.378 e. The summed E-state index contributed by atoms with van der Waals surface area (Å²) in [6, 6.07) is 7.61. The average molecular weight is 206 g/mol. The third kappa shape index (κ3) is 1.68. The van der Waals surface area contributed by atoms with Crippen molar-refractivity contribution in [3.05, 3.63) is 35.4 Å². The van der Waals surface area contributed by atoms with Gasteiger partial charge in [0, 0.05) is 26.2 Å². The van der Waals surface area contributed by atoms with Gasteiger partial charge in [-0.15, -0.1) is 0 Å². The molecule has 0 spiro atoms. The van der Waals surface area contributed by atoms with Crippen LogP contribution >= 0.6 is 0 Å². The van der Waals surface area contributed by atoms with Crippen LogP contribution in [0.1, 0.15) is 15.9 Å². The summed E-state index contributed by atoms with van der Waals surface area (Å²) in [5, 5.41) is 0. The fraction of sp³-hybridized carbons (Fsp3) is 0.417. The van der Waals surface area contributed by atoms with Crippen molar-refractivity contribution in [2.24, 2.45) is 0 Å². The van der Waals surface area contributed by atoms with Crippen LogP contribution in [0, 0.1) is 0 Å². The molecule has 2 rings (SSSR count). The molecule has 1 aromatic carbocycles. The highest BCUT2D eigenvalue weighted by Gasteiger charge is 2.35. The fourth-order valence-electron chi connectivity index (χ4n) is 2.05. The Morgan fingerprint density at radius 3 is 2.60 bits per heavy atom. The van der Waals surface area contributed by atoms with Crippen LogP contribution < -0.4 is 0 Å². The van der Waals surface area contributed by atoms with E-state index in [9.17, 15) is 4.79 Å². The summed E-state index contributed by atoms with van der Waals surface area (Å²) in [4.78, 5) is 12.0. The van der Waals surface area contributed by atoms with Crippen LogP contribution in [-0.2, 0) is 15.9 Å². The van der Waals surface area contributed by atoms with Gasteiger partial charge in [-0.1, -0.05) is 24.3 Å². The Balaban J connectivity index is 2.40. The second kappa shape index (κ2) is 4.13. The molecule has 0 N–H and O–H groups in total. The molecule has 80 valence electrons. The first-order chi connectivity index (χ1) is 7.27. The summed E-state index contributed by atoms with van der Waals surface area (Å²) in [7, 11) is 3.15. The van der Waals surface area contributed by atoms with E-state index in [0.29, 0.717) is 0 Å². The highest BCUT2D eigenvalue weighted by Crippen LogP contribution is 2.24. The first-order valence-corrected chi connectivity index (χ1v) is 4.95. The molecule has 0 saturated carbocycles. The van der Waals surface area contributed by atoms with Gasteiger partial charge in [0.1, 0.15) is 6.10 Å². The number of rotatable bonds is 2. The zero-order chi connectivity index (χ0) is 10.8. The number of fused-ring (bicyclic) bond motifs is 1. The van der Waals surface area contributed by atoms with E-state index in [2.05, 4.69) is 0 Å². The minimum atomic E-state index is -0.468. The molecule has 0 bridgehead atoms. The quantitative estimate of drug-likeness (QED) is 0.734. The maximum Gasteiger partial charge on any atom is 0.194 e. The van der Waals surface area contributed by atoms with Crippen LogP contribution in [0.2, 0.25) is 0 Å². The normalized spacial score (nSPS) is 25.1. The van der Waals surface area contributed by atoms with Gasteiger partial charge in [0.05, 0.1) is 6.10 Å². The van der Waals surface area contributed by atoms with E-state index >= 15 is 0 Å². The van der Waals surface area contributed by atoms with Crippen LogP contribution in [0.4, 0.5) is 0 Å². The van der Waals surface area contributed by atoms with Crippen molar-refractivity contribution in [2.75, 3.05) is 14.2 Å². The van der Waals surface area contributed by atoms with E-state index in [-0.39, 0.29) is 11.9 Å². The molecule has 0 saturated heterocycles. The molecule has 0 aliphatic heterocycles. The van der Waals surface area contributed by atoms with Crippen molar-refractivity contribution >= 4 is 5.78 Å². The van der Waals surface area contributed by atoms with Crippen LogP contribution in [-0.4, -0.2) is 32.2 Å². The van der Waals surface area contributed by atoms with E-state index in [1.165, 1.54) is 0 Å². The van der Waals surface area contributed by atoms with Crippen LogP contribution in [0.25, 0.3) is 0 Å². The van der Waals surface area contributed by atoms with Crippen molar-refractivity contribution in [1.29, 1.82) is 0 Å². The molecule has 0 amide bonds. The largest absolute Gasteiger partial charge is 0.378 e. The Kier molecular flexibility index (Phi) is 2.84. The molecule has 1 aliphatic carbocycles. The second-order valence-corrected chi connectivity index (χ2v) is 3.66. The van der Waals surface area contributed by atoms with Gasteiger partial charge in [-0.3, -0.25) is 4.79 Å². The lowest BCUT2D eigenvalue weighted by atomic mass is 9.86. The van der Waals surface area contributed by atoms with Gasteiger partial charge in [-0.25, -0.2) is 0 Å². The predicted octanol–water partition coefficient (Wildman–Crippen LogP) is 1.46. The lowest BCUT2D eigenvalue weighted by molar-refractivity contribution is -0.0258. The summed E-state index contributed by atoms with van der Waals surface area (Å²) in [6.07, 6.45) is 0.0963. The van der Waals surface area contributed by atoms with Gasteiger partial charge in [0.2, 0.25) is 0 Å². The van der Waals surface area contributed by atoms with E-state index in [4.69, 9.17) is 9.47 Å². The zero-order valence-corrected chi connectivity index (χ0v) is 8.90. The summed E-state index contributed by atoms with van der Waals surface area (Å²) in [6.45, 7) is 0. The van der Waals surface area contributed by atoms with Crippen LogP contribution in [0.15, 0.2) is 24.3 Å². The highest BCUT2D eigenvalue weighted by molar-refractivity contribution is 6.02. The van der Waals surface area contributed by atoms with E-state index in [1.54, 1.807) is 14.2 Å². The van der Waals surface area contributed by atoms with Crippen molar-refractivity contribution in [2.45, 2.75) is 18.6 Å². The Bertz CT molecular complexity index is 373. The lowest BCUT2D eigenvalue weighted by Gasteiger charge is -2.29. The van der Waals surface area contributed by atoms with E-state index in [0.717, 1.165) is 17.5 Å². The third-order valence-electron chi connectivity index (χ3n) is 2.86. The van der Waals surface area contributed by atoms with E-state index < -0.39 is 6.10 Å². The molecule has 0 fully saturated rings. The number of Topliss-reactive ketones (excluding diaryl/α,β-unsaturated/α-hetero) is 1. The second-order valence-electron chi connectivity index (χ2n) is 3.66. The Hall–Kier alpha value is -1.19. The van der Waals surface area contributed by atoms with Crippen molar-refractivity contribution in [3.63, 3.8) is 0 Å². The van der Waals surface area contributed by atoms with Gasteiger partial charge in [-0.2, -0.15) is 0 Å². The molecule has 0 heterocycles. The van der Waals surface area contributed by atoms with Crippen LogP contribution in [0.5, 0.6) is 0 Å². The molecule has 0 radical (unpaired) electrons. The predicted molar refractivity (Wildman–Crippen MR) is 56.1 cm³/mol. The third-order valence-corrected chi connectivity index (χ3v) is 2.86. The Morgan fingerprint density at radius 2 is 1.93 bits per heavy atom. The Morgan fingerprint density at radius 1 is 1.20 bits per heavy atom. The van der Waals surface area contributed by atoms with Crippen molar-refractivity contribution in [1.82, 2.24) is 0 Å². The molecule has 15 heavy (non-hydrogen) atoms. The van der Waals surface area contributed by atoms with Crippen LogP contribution in [0.3, 0.4) is 0 Å². The first-order valence-electron chi connectivity index (χ1n) is 4.95. The molecular formula is C12H14O3. The van der Waals surface area contributed by atoms with Gasteiger partial charge in [0.25, 0.3) is 0 Å². The molecule has 2 atom stereocenters. The van der Waals surface area contributed by atoms with Gasteiger partial charge >= 0.3 is 0 Å². The maximum atomic E-state index is 12.0. The van der Waals surface area contributed by atoms with Gasteiger partial charge in [-0.05, 0) is 5.56 Å². The monoisotopic (exact) mass is 206 g/mol. The van der Waals surface area contributed by atoms with E-state index in [1.807, 2.05) is 24.3 Å². The number of methoxy groups -OCH3 is 2. The number of hydrogen-bond donors (Lipinski definition) is 0. The SMILES string of the molecule is COC1Cc2ccccc2C(=O)C1OC. The highest BCUT2D eigenvalue weighted by atomic mass is 16.5. The number of carbonyl (C=O) groups excluding carboxylic acids is 1. The number of ketones is 1. The Labute approximate surface area is 89.0 Å². The lowest BCUT2D eigenvalue weighted by Crippen LogP contribution is -2.42. The van der Waals surface area contributed by atoms with Gasteiger partial charge in [0.15, 0.2) is 5.78 Å². The van der Waals surface area contributed by atoms with Crippen molar-refractivity contribution < 1.29 is 14.3 Å². The molecule has 1 aliphatic rings. The molecule has 3 heteroatoms. The molecule has 3 nitrogen and oxygen atoms in total. The zero-order valence-electron chi connectivity index (χ0n) is 8.90. The smallest absolute Gasteiger partial charge is 0.194 e. The molecule has 2 unspecified atom stereocenters. The fourth-order valence-corrected chi connectivity index (χ4v) is 2.05. The summed E-state index contributed by atoms with van der Waals surface area (Å²) >= 11 is 0. The summed E-state index contributed by atoms with van der Waals surface area (Å²) in [5.41, 5.74) is 1.81. The summed E-state index contributed by atoms with van der Waals surface area (Å²) < 4.78 is 10.5. The number of benzene rings is 1. The summed E-state index contributed by atoms with van der Waals surface area (Å²) in [5.74, 6) is 0.0196. The standard InChI is InChI=1S/C12H14O3/c1-14-10-7-8-5-3-4-6-9(8)11(13)12(10)15-2/h3-6,10,12H,7H2,1-2H3. The maximum absolute atomic E-state index is 12.0. The minimum absolute atomic E-state index is 0.0196. The molecular weight excluding hydrogens is 192 g/mol. The number of ether oxygens (including phenoxy) is 2. The molecule has 1 aromatic rings. The molecule has 0 aromatic heterocycles. The first kappa shape index (κ1) is 10.3. The average Bonchev–Trinajstić information content (AvgIpc) is 2.29. The topological polar surface area (TPSA) is 35.5 Å². The number of hydrogen-bond acceptors (Lipinski definition) is 3. The van der Waals surface area contributed by atoms with Crippen molar-refractivity contribution in [3.8, 4) is 0 Å². The number of carbonyl (C=O) groups is 1. The van der Waals surface area contributed by atoms with Gasteiger partial charge < -0.3 is 9.47 Å².